The highest BCUT2D eigenvalue weighted by molar-refractivity contribution is 7.91. The number of alkyl halides is 5. The number of phenolic OH excluding ortho intramolecular Hbond substituents is 1. The van der Waals surface area contributed by atoms with Gasteiger partial charge in [0.15, 0.2) is 0 Å². The molecule has 0 bridgehead atoms. The zero-order chi connectivity index (χ0) is 34.2. The Morgan fingerprint density at radius 3 is 2.30 bits per heavy atom. The number of benzene rings is 2. The molecule has 0 spiro atoms. The maximum atomic E-state index is 14.9. The first-order valence-corrected chi connectivity index (χ1v) is 18.4. The number of hydrogen-bond donors (Lipinski definition) is 1. The molecule has 4 nitrogen and oxygen atoms in total. The van der Waals surface area contributed by atoms with Gasteiger partial charge in [0.2, 0.25) is 0 Å². The minimum atomic E-state index is -5.68. The molecule has 1 heterocycles. The van der Waals surface area contributed by atoms with Gasteiger partial charge in [-0.25, -0.2) is 17.2 Å². The zero-order valence-electron chi connectivity index (χ0n) is 26.5. The van der Waals surface area contributed by atoms with E-state index in [9.17, 15) is 44.3 Å². The van der Waals surface area contributed by atoms with Gasteiger partial charge in [-0.15, -0.1) is 0 Å². The summed E-state index contributed by atoms with van der Waals surface area (Å²) < 4.78 is 116. The van der Waals surface area contributed by atoms with Gasteiger partial charge >= 0.3 is 12.1 Å². The molecule has 1 atom stereocenters. The molecular formula is C35H44F7NO3S. The van der Waals surface area contributed by atoms with Crippen molar-refractivity contribution in [2.45, 2.75) is 108 Å². The van der Waals surface area contributed by atoms with Crippen molar-refractivity contribution in [2.24, 2.45) is 0 Å². The van der Waals surface area contributed by atoms with E-state index in [-0.39, 0.29) is 17.5 Å². The molecule has 0 saturated carbocycles. The van der Waals surface area contributed by atoms with Crippen molar-refractivity contribution in [1.29, 1.82) is 0 Å². The summed E-state index contributed by atoms with van der Waals surface area (Å²) in [7, 11) is -3.72. The third kappa shape index (κ3) is 10.4. The number of sulfone groups is 1. The van der Waals surface area contributed by atoms with Crippen LogP contribution in [0.3, 0.4) is 0 Å². The number of hydrogen-bond acceptors (Lipinski definition) is 4. The predicted molar refractivity (Wildman–Crippen MR) is 170 cm³/mol. The number of nitrogens with zero attached hydrogens (tertiary/aromatic N) is 1. The smallest absolute Gasteiger partial charge is 0.453 e. The van der Waals surface area contributed by atoms with E-state index in [0.717, 1.165) is 99.2 Å². The number of rotatable bonds is 16. The maximum absolute atomic E-state index is 14.9. The van der Waals surface area contributed by atoms with Crippen LogP contribution in [0.1, 0.15) is 100 Å². The SMILES string of the molecule is O=S(=O)(CCCC1CCCN1CCCCCCC1=C(c2ccc(F)cc2F)CCCc2cc(O)ccc21)CCCC(F)(F)C(F)(F)F. The number of unbranched alkanes of at least 4 members (excludes halogenated alkanes) is 3. The molecule has 2 aliphatic rings. The second-order valence-electron chi connectivity index (χ2n) is 12.9. The average Bonchev–Trinajstić information content (AvgIpc) is 3.34. The Labute approximate surface area is 273 Å². The highest BCUT2D eigenvalue weighted by Crippen LogP contribution is 2.41. The Morgan fingerprint density at radius 2 is 1.55 bits per heavy atom. The van der Waals surface area contributed by atoms with E-state index in [1.807, 2.05) is 6.07 Å². The maximum Gasteiger partial charge on any atom is 0.453 e. The van der Waals surface area contributed by atoms with Gasteiger partial charge in [0, 0.05) is 24.1 Å². The zero-order valence-corrected chi connectivity index (χ0v) is 27.4. The average molecular weight is 692 g/mol. The van der Waals surface area contributed by atoms with Crippen molar-refractivity contribution in [1.82, 2.24) is 4.90 Å². The number of halogens is 7. The second-order valence-corrected chi connectivity index (χ2v) is 15.2. The van der Waals surface area contributed by atoms with Crippen molar-refractivity contribution in [3.63, 3.8) is 0 Å². The molecule has 47 heavy (non-hydrogen) atoms. The summed E-state index contributed by atoms with van der Waals surface area (Å²) in [6, 6.07) is 9.22. The lowest BCUT2D eigenvalue weighted by Gasteiger charge is -2.24. The monoisotopic (exact) mass is 691 g/mol. The molecule has 0 aromatic heterocycles. The molecule has 1 fully saturated rings. The molecule has 12 heteroatoms. The van der Waals surface area contributed by atoms with E-state index in [2.05, 4.69) is 4.90 Å². The third-order valence-corrected chi connectivity index (χ3v) is 11.2. The van der Waals surface area contributed by atoms with Crippen LogP contribution in [-0.2, 0) is 16.3 Å². The molecule has 2 aromatic rings. The van der Waals surface area contributed by atoms with Crippen LogP contribution >= 0.6 is 0 Å². The Balaban J connectivity index is 1.24. The van der Waals surface area contributed by atoms with Crippen molar-refractivity contribution < 1.29 is 44.3 Å². The number of allylic oxidation sites excluding steroid dienone is 2. The quantitative estimate of drug-likeness (QED) is 0.141. The van der Waals surface area contributed by atoms with Gasteiger partial charge in [0.25, 0.3) is 0 Å². The van der Waals surface area contributed by atoms with Crippen LogP contribution < -0.4 is 0 Å². The van der Waals surface area contributed by atoms with Gasteiger partial charge in [-0.1, -0.05) is 18.9 Å². The first-order chi connectivity index (χ1) is 22.2. The van der Waals surface area contributed by atoms with Crippen molar-refractivity contribution in [2.75, 3.05) is 24.6 Å². The highest BCUT2D eigenvalue weighted by Gasteiger charge is 2.56. The standard InChI is InChI=1S/C35H44F7NO3S/c36-26-14-16-32(33(37)24-26)31-13-5-9-25-23-28(44)15-17-29(25)30(31)12-3-1-2-4-19-43-20-6-10-27(43)11-7-21-47(45,46)22-8-18-34(38,39)35(40,41)42/h14-17,23-24,27,44H,1-13,18-22H2. The van der Waals surface area contributed by atoms with Crippen LogP contribution in [-0.4, -0.2) is 61.2 Å². The minimum Gasteiger partial charge on any atom is -0.508 e. The van der Waals surface area contributed by atoms with E-state index in [1.165, 1.54) is 12.1 Å². The summed E-state index contributed by atoms with van der Waals surface area (Å²) >= 11 is 0. The van der Waals surface area contributed by atoms with Crippen LogP contribution in [0, 0.1) is 11.6 Å². The van der Waals surface area contributed by atoms with E-state index in [1.54, 1.807) is 12.1 Å². The predicted octanol–water partition coefficient (Wildman–Crippen LogP) is 9.51. The van der Waals surface area contributed by atoms with E-state index < -0.39 is 52.2 Å². The van der Waals surface area contributed by atoms with Crippen molar-refractivity contribution in [3.05, 3.63) is 64.7 Å². The van der Waals surface area contributed by atoms with Gasteiger partial charge < -0.3 is 10.0 Å². The van der Waals surface area contributed by atoms with E-state index >= 15 is 0 Å². The Morgan fingerprint density at radius 1 is 0.830 bits per heavy atom. The van der Waals surface area contributed by atoms with Crippen molar-refractivity contribution >= 4 is 21.0 Å². The molecule has 1 aliphatic heterocycles. The fourth-order valence-corrected chi connectivity index (χ4v) is 8.35. The lowest BCUT2D eigenvalue weighted by molar-refractivity contribution is -0.284. The molecule has 4 rings (SSSR count). The Kier molecular flexibility index (Phi) is 12.8. The minimum absolute atomic E-state index is 0.188. The van der Waals surface area contributed by atoms with Gasteiger partial charge in [-0.2, -0.15) is 22.0 Å². The van der Waals surface area contributed by atoms with Gasteiger partial charge in [-0.05, 0) is 130 Å². The summed E-state index contributed by atoms with van der Waals surface area (Å²) in [5.74, 6) is -6.81. The fourth-order valence-electron chi connectivity index (χ4n) is 6.95. The molecule has 262 valence electrons. The van der Waals surface area contributed by atoms with E-state index in [4.69, 9.17) is 0 Å². The largest absolute Gasteiger partial charge is 0.508 e. The number of likely N-dealkylation sites (tertiary alicyclic amines) is 1. The summed E-state index contributed by atoms with van der Waals surface area (Å²) in [6.45, 7) is 1.77. The van der Waals surface area contributed by atoms with Gasteiger partial charge in [0.05, 0.1) is 11.5 Å². The Hall–Kier alpha value is -2.60. The van der Waals surface area contributed by atoms with Crippen molar-refractivity contribution in [3.8, 4) is 5.75 Å². The molecule has 1 aliphatic carbocycles. The Bertz CT molecular complexity index is 1490. The molecule has 1 saturated heterocycles. The highest BCUT2D eigenvalue weighted by atomic mass is 32.2. The number of aryl methyl sites for hydroxylation is 1. The molecule has 0 radical (unpaired) electrons. The summed E-state index contributed by atoms with van der Waals surface area (Å²) in [5.41, 5.74) is 4.35. The summed E-state index contributed by atoms with van der Waals surface area (Å²) in [5, 5.41) is 10.1. The molecular weight excluding hydrogens is 647 g/mol. The first-order valence-electron chi connectivity index (χ1n) is 16.6. The fraction of sp³-hybridized carbons (Fsp3) is 0.600. The van der Waals surface area contributed by atoms with Crippen LogP contribution in [0.5, 0.6) is 5.75 Å². The van der Waals surface area contributed by atoms with Crippen LogP contribution in [0.4, 0.5) is 30.7 Å². The lowest BCUT2D eigenvalue weighted by atomic mass is 9.88. The topological polar surface area (TPSA) is 57.6 Å². The summed E-state index contributed by atoms with van der Waals surface area (Å²) in [6.07, 6.45) is 1.60. The van der Waals surface area contributed by atoms with Gasteiger partial charge in [-0.3, -0.25) is 0 Å². The van der Waals surface area contributed by atoms with E-state index in [0.29, 0.717) is 24.8 Å². The number of aromatic hydroxyl groups is 1. The van der Waals surface area contributed by atoms with Gasteiger partial charge in [0.1, 0.15) is 27.2 Å². The molecule has 1 unspecified atom stereocenters. The summed E-state index contributed by atoms with van der Waals surface area (Å²) in [4.78, 5) is 2.35. The van der Waals surface area contributed by atoms with Crippen LogP contribution in [0.15, 0.2) is 36.4 Å². The normalized spacial score (nSPS) is 18.1. The van der Waals surface area contributed by atoms with Crippen LogP contribution in [0.25, 0.3) is 11.1 Å². The third-order valence-electron chi connectivity index (χ3n) is 9.38. The lowest BCUT2D eigenvalue weighted by Crippen LogP contribution is -2.36. The number of phenols is 1. The molecule has 0 amide bonds. The first kappa shape index (κ1) is 37.2. The molecule has 2 aromatic carbocycles. The van der Waals surface area contributed by atoms with Crippen LogP contribution in [0.2, 0.25) is 0 Å². The number of fused-ring (bicyclic) bond motifs is 1. The second kappa shape index (κ2) is 16.2. The molecule has 1 N–H and O–H groups in total.